The van der Waals surface area contributed by atoms with Crippen LogP contribution in [0.4, 0.5) is 15.8 Å². The van der Waals surface area contributed by atoms with Gasteiger partial charge in [-0.2, -0.15) is 0 Å². The van der Waals surface area contributed by atoms with Crippen LogP contribution in [0.3, 0.4) is 0 Å². The predicted octanol–water partition coefficient (Wildman–Crippen LogP) is 3.98. The number of methoxy groups -OCH3 is 1. The first-order valence-electron chi connectivity index (χ1n) is 9.08. The minimum atomic E-state index is -4.09. The summed E-state index contributed by atoms with van der Waals surface area (Å²) in [5.41, 5.74) is 1.68. The Morgan fingerprint density at radius 3 is 2.30 bits per heavy atom. The number of carbonyl (C=O) groups is 1. The molecule has 156 valence electrons. The van der Waals surface area contributed by atoms with Gasteiger partial charge in [0.2, 0.25) is 5.91 Å². The van der Waals surface area contributed by atoms with Gasteiger partial charge in [0, 0.05) is 5.69 Å². The van der Waals surface area contributed by atoms with Crippen LogP contribution < -0.4 is 14.4 Å². The van der Waals surface area contributed by atoms with Crippen molar-refractivity contribution in [3.05, 3.63) is 84.2 Å². The molecule has 6 nitrogen and oxygen atoms in total. The zero-order valence-electron chi connectivity index (χ0n) is 16.5. The fourth-order valence-electron chi connectivity index (χ4n) is 2.85. The molecule has 0 fully saturated rings. The molecule has 0 aromatic heterocycles. The van der Waals surface area contributed by atoms with Crippen molar-refractivity contribution in [1.82, 2.24) is 0 Å². The summed E-state index contributed by atoms with van der Waals surface area (Å²) >= 11 is 0. The number of anilines is 2. The van der Waals surface area contributed by atoms with E-state index in [1.165, 1.54) is 43.5 Å². The number of rotatable bonds is 7. The van der Waals surface area contributed by atoms with Gasteiger partial charge in [0.1, 0.15) is 18.1 Å². The molecule has 8 heteroatoms. The molecule has 1 N–H and O–H groups in total. The minimum Gasteiger partial charge on any atom is -0.497 e. The molecule has 0 bridgehead atoms. The topological polar surface area (TPSA) is 75.7 Å². The highest BCUT2D eigenvalue weighted by Gasteiger charge is 2.27. The number of ether oxygens (including phenoxy) is 1. The third kappa shape index (κ3) is 4.96. The second-order valence-corrected chi connectivity index (χ2v) is 8.44. The van der Waals surface area contributed by atoms with Crippen LogP contribution in [0, 0.1) is 12.7 Å². The van der Waals surface area contributed by atoms with E-state index < -0.39 is 28.3 Å². The Morgan fingerprint density at radius 2 is 1.70 bits per heavy atom. The molecule has 0 saturated carbocycles. The quantitative estimate of drug-likeness (QED) is 0.618. The lowest BCUT2D eigenvalue weighted by atomic mass is 10.2. The maximum absolute atomic E-state index is 13.4. The van der Waals surface area contributed by atoms with Crippen molar-refractivity contribution < 1.29 is 22.3 Å². The number of benzene rings is 3. The Hall–Kier alpha value is -3.39. The third-order valence-corrected chi connectivity index (χ3v) is 6.14. The van der Waals surface area contributed by atoms with Crippen molar-refractivity contribution in [2.45, 2.75) is 11.8 Å². The van der Waals surface area contributed by atoms with E-state index in [4.69, 9.17) is 4.74 Å². The predicted molar refractivity (Wildman–Crippen MR) is 114 cm³/mol. The van der Waals surface area contributed by atoms with Crippen LogP contribution in [0.5, 0.6) is 5.75 Å². The van der Waals surface area contributed by atoms with Crippen LogP contribution in [-0.4, -0.2) is 28.0 Å². The van der Waals surface area contributed by atoms with Crippen molar-refractivity contribution in [3.8, 4) is 5.75 Å². The Morgan fingerprint density at radius 1 is 1.03 bits per heavy atom. The molecule has 0 spiro atoms. The second kappa shape index (κ2) is 8.96. The molecule has 0 saturated heterocycles. The Labute approximate surface area is 175 Å². The Balaban J connectivity index is 1.93. The molecular weight excluding hydrogens is 407 g/mol. The van der Waals surface area contributed by atoms with Crippen LogP contribution in [-0.2, 0) is 14.8 Å². The monoisotopic (exact) mass is 428 g/mol. The average Bonchev–Trinajstić information content (AvgIpc) is 2.73. The fraction of sp³-hybridized carbons (Fsp3) is 0.136. The lowest BCUT2D eigenvalue weighted by Gasteiger charge is -2.24. The van der Waals surface area contributed by atoms with Crippen molar-refractivity contribution >= 4 is 27.3 Å². The van der Waals surface area contributed by atoms with E-state index in [2.05, 4.69) is 5.32 Å². The van der Waals surface area contributed by atoms with Gasteiger partial charge in [-0.1, -0.05) is 12.1 Å². The second-order valence-electron chi connectivity index (χ2n) is 6.58. The average molecular weight is 428 g/mol. The van der Waals surface area contributed by atoms with Gasteiger partial charge < -0.3 is 10.1 Å². The number of carbonyl (C=O) groups excluding carboxylic acids is 1. The van der Waals surface area contributed by atoms with E-state index >= 15 is 0 Å². The molecule has 0 radical (unpaired) electrons. The van der Waals surface area contributed by atoms with Gasteiger partial charge >= 0.3 is 0 Å². The van der Waals surface area contributed by atoms with Gasteiger partial charge in [-0.25, -0.2) is 12.8 Å². The summed E-state index contributed by atoms with van der Waals surface area (Å²) in [5.74, 6) is -0.536. The summed E-state index contributed by atoms with van der Waals surface area (Å²) in [6.07, 6.45) is 0. The first kappa shape index (κ1) is 21.3. The number of halogens is 1. The highest BCUT2D eigenvalue weighted by atomic mass is 32.2. The number of hydrogen-bond donors (Lipinski definition) is 1. The molecule has 1 amide bonds. The zero-order chi connectivity index (χ0) is 21.7. The first-order chi connectivity index (χ1) is 14.3. The molecule has 0 aliphatic rings. The molecule has 0 heterocycles. The number of nitrogens with zero attached hydrogens (tertiary/aromatic N) is 1. The summed E-state index contributed by atoms with van der Waals surface area (Å²) < 4.78 is 45.9. The largest absolute Gasteiger partial charge is 0.497 e. The summed E-state index contributed by atoms with van der Waals surface area (Å²) in [6.45, 7) is 1.41. The van der Waals surface area contributed by atoms with Crippen LogP contribution in [0.1, 0.15) is 5.56 Å². The van der Waals surface area contributed by atoms with Crippen molar-refractivity contribution in [1.29, 1.82) is 0 Å². The molecule has 0 aliphatic carbocycles. The SMILES string of the molecule is COc1ccc(S(=O)(=O)N(CC(=O)Nc2cccc(C)c2)c2ccc(F)cc2)cc1. The van der Waals surface area contributed by atoms with Crippen molar-refractivity contribution in [2.75, 3.05) is 23.3 Å². The number of nitrogens with one attached hydrogen (secondary N) is 1. The molecular formula is C22H21FN2O4S. The molecule has 30 heavy (non-hydrogen) atoms. The molecule has 0 aliphatic heterocycles. The van der Waals surface area contributed by atoms with Crippen LogP contribution in [0.25, 0.3) is 0 Å². The number of amides is 1. The summed E-state index contributed by atoms with van der Waals surface area (Å²) in [7, 11) is -2.62. The van der Waals surface area contributed by atoms with Crippen LogP contribution in [0.15, 0.2) is 77.7 Å². The highest BCUT2D eigenvalue weighted by Crippen LogP contribution is 2.25. The van der Waals surface area contributed by atoms with Crippen molar-refractivity contribution in [3.63, 3.8) is 0 Å². The number of aryl methyl sites for hydroxylation is 1. The summed E-state index contributed by atoms with van der Waals surface area (Å²) in [6, 6.07) is 17.9. The van der Waals surface area contributed by atoms with Gasteiger partial charge in [-0.15, -0.1) is 0 Å². The van der Waals surface area contributed by atoms with E-state index in [1.807, 2.05) is 13.0 Å². The minimum absolute atomic E-state index is 0.0176. The van der Waals surface area contributed by atoms with E-state index in [-0.39, 0.29) is 10.6 Å². The Kier molecular flexibility index (Phi) is 6.37. The highest BCUT2D eigenvalue weighted by molar-refractivity contribution is 7.92. The van der Waals surface area contributed by atoms with E-state index in [0.717, 1.165) is 22.0 Å². The van der Waals surface area contributed by atoms with Gasteiger partial charge in [0.25, 0.3) is 10.0 Å². The smallest absolute Gasteiger partial charge is 0.264 e. The van der Waals surface area contributed by atoms with E-state index in [9.17, 15) is 17.6 Å². The number of sulfonamides is 1. The van der Waals surface area contributed by atoms with Gasteiger partial charge in [-0.05, 0) is 73.2 Å². The molecule has 3 aromatic carbocycles. The maximum Gasteiger partial charge on any atom is 0.264 e. The van der Waals surface area contributed by atoms with Gasteiger partial charge in [-0.3, -0.25) is 9.10 Å². The number of hydrogen-bond acceptors (Lipinski definition) is 4. The van der Waals surface area contributed by atoms with Gasteiger partial charge in [0.05, 0.1) is 17.7 Å². The fourth-order valence-corrected chi connectivity index (χ4v) is 4.27. The third-order valence-electron chi connectivity index (χ3n) is 4.35. The molecule has 0 unspecified atom stereocenters. The van der Waals surface area contributed by atoms with Crippen molar-refractivity contribution in [2.24, 2.45) is 0 Å². The normalized spacial score (nSPS) is 11.0. The summed E-state index contributed by atoms with van der Waals surface area (Å²) in [5, 5.41) is 2.70. The lowest BCUT2D eigenvalue weighted by Crippen LogP contribution is -2.38. The Bertz CT molecular complexity index is 1130. The molecule has 0 atom stereocenters. The van der Waals surface area contributed by atoms with E-state index in [0.29, 0.717) is 11.4 Å². The summed E-state index contributed by atoms with van der Waals surface area (Å²) in [4.78, 5) is 12.6. The van der Waals surface area contributed by atoms with Gasteiger partial charge in [0.15, 0.2) is 0 Å². The van der Waals surface area contributed by atoms with Crippen LogP contribution >= 0.6 is 0 Å². The van der Waals surface area contributed by atoms with Crippen LogP contribution in [0.2, 0.25) is 0 Å². The molecule has 3 aromatic rings. The first-order valence-corrected chi connectivity index (χ1v) is 10.5. The standard InChI is InChI=1S/C22H21FN2O4S/c1-16-4-3-5-18(14-16)24-22(26)15-25(19-8-6-17(23)7-9-19)30(27,28)21-12-10-20(29-2)11-13-21/h3-14H,15H2,1-2H3,(H,24,26). The molecule has 3 rings (SSSR count). The van der Waals surface area contributed by atoms with E-state index in [1.54, 1.807) is 18.2 Å². The zero-order valence-corrected chi connectivity index (χ0v) is 17.3. The lowest BCUT2D eigenvalue weighted by molar-refractivity contribution is -0.114. The maximum atomic E-state index is 13.4.